The number of hydrogen-bond donors (Lipinski definition) is 11. The normalized spacial score (nSPS) is 13.7. The fourth-order valence-electron chi connectivity index (χ4n) is 7.61. The summed E-state index contributed by atoms with van der Waals surface area (Å²) >= 11 is 0. The van der Waals surface area contributed by atoms with Gasteiger partial charge in [0.2, 0.25) is 0 Å². The fraction of sp³-hybridized carbons (Fsp3) is 0.0645. The van der Waals surface area contributed by atoms with Crippen LogP contribution in [0.25, 0.3) is 18.0 Å². The maximum absolute atomic E-state index is 12.4. The molecule has 14 N–H and O–H groups in total. The van der Waals surface area contributed by atoms with E-state index in [9.17, 15) is 34.1 Å². The summed E-state index contributed by atoms with van der Waals surface area (Å²) in [5.74, 6) is 0.919. The number of benzene rings is 5. The number of esters is 1. The summed E-state index contributed by atoms with van der Waals surface area (Å²) in [6, 6.07) is 35.6. The molecule has 0 saturated heterocycles. The number of aromatic nitrogens is 2. The molecule has 30 heteroatoms. The summed E-state index contributed by atoms with van der Waals surface area (Å²) in [4.78, 5) is 125. The van der Waals surface area contributed by atoms with E-state index in [4.69, 9.17) is 45.9 Å². The third kappa shape index (κ3) is 19.9. The summed E-state index contributed by atoms with van der Waals surface area (Å²) in [5, 5.41) is 29.5. The minimum atomic E-state index is -0.494. The Morgan fingerprint density at radius 3 is 1.33 bits per heavy atom. The number of anilines is 1. The zero-order valence-electron chi connectivity index (χ0n) is 49.3. The van der Waals surface area contributed by atoms with E-state index < -0.39 is 16.8 Å². The number of H-pyrrole nitrogens is 1. The molecule has 6 aromatic rings. The molecule has 4 aliphatic rings. The number of aliphatic imine (C=N–C) groups is 3. The van der Waals surface area contributed by atoms with E-state index in [-0.39, 0.29) is 86.6 Å². The molecule has 1 aromatic heterocycles. The zero-order chi connectivity index (χ0) is 67.6. The Morgan fingerprint density at radius 2 is 0.946 bits per heavy atom. The van der Waals surface area contributed by atoms with E-state index in [1.54, 1.807) is 55.9 Å². The molecule has 3 amide bonds. The summed E-state index contributed by atoms with van der Waals surface area (Å²) < 4.78 is 9.80. The Labute approximate surface area is 522 Å². The van der Waals surface area contributed by atoms with Gasteiger partial charge in [-0.05, 0) is 79.1 Å². The van der Waals surface area contributed by atoms with Crippen molar-refractivity contribution in [3.8, 4) is 5.75 Å². The van der Waals surface area contributed by atoms with Gasteiger partial charge in [-0.2, -0.15) is 19.2 Å². The monoisotopic (exact) mass is 1250 g/mol. The second-order valence-corrected chi connectivity index (χ2v) is 18.5. The molecule has 0 atom stereocenters. The molecule has 0 spiro atoms. The number of non-ortho nitro benzene ring substituents is 1. The molecular formula is C62H57N17O13. The first-order valence-electron chi connectivity index (χ1n) is 26.2. The SMILES string of the molecule is C=C1NC(=O)C(N=Cc2ccc(C)cc2)=C(N)N1.C=C1NC(=O)C(N=Cc2ccc(OC)cc2)=C(N)N1.C=C1NC(=O)C(N=Cc2ccc([N+](=O)[O-])cc2)=C(N)N1.C=c1nc2c(c(=O)[nH]1)=NC(c1ccc(C(=O)OC)cc1)=C(c1ccc(C)cc1)N2.O=C=O.O=C=O. The Kier molecular flexibility index (Phi) is 25.0. The number of nitrogens with two attached hydrogens (primary N) is 3. The van der Waals surface area contributed by atoms with Crippen LogP contribution in [-0.2, 0) is 38.3 Å². The second-order valence-electron chi connectivity index (χ2n) is 18.5. The highest BCUT2D eigenvalue weighted by Gasteiger charge is 2.23. The van der Waals surface area contributed by atoms with Gasteiger partial charge >= 0.3 is 18.3 Å². The Morgan fingerprint density at radius 1 is 0.565 bits per heavy atom. The van der Waals surface area contributed by atoms with E-state index in [0.29, 0.717) is 40.0 Å². The second kappa shape index (κ2) is 33.3. The van der Waals surface area contributed by atoms with Crippen LogP contribution in [0.4, 0.5) is 11.5 Å². The smallest absolute Gasteiger partial charge is 0.373 e. The number of nitro groups is 1. The van der Waals surface area contributed by atoms with Crippen LogP contribution in [0.15, 0.2) is 218 Å². The summed E-state index contributed by atoms with van der Waals surface area (Å²) in [6.07, 6.45) is 5.04. The lowest BCUT2D eigenvalue weighted by Crippen LogP contribution is -2.40. The molecule has 0 fully saturated rings. The van der Waals surface area contributed by atoms with Crippen LogP contribution in [0.1, 0.15) is 49.3 Å². The van der Waals surface area contributed by atoms with E-state index >= 15 is 0 Å². The highest BCUT2D eigenvalue weighted by molar-refractivity contribution is 6.01. The number of nitro benzene ring substituents is 1. The van der Waals surface area contributed by atoms with Crippen LogP contribution in [0.3, 0.4) is 0 Å². The molecule has 468 valence electrons. The number of nitrogens with zero attached hydrogens (tertiary/aromatic N) is 6. The minimum Gasteiger partial charge on any atom is -0.497 e. The minimum absolute atomic E-state index is 0.0192. The number of nitrogens with one attached hydrogen (secondary N) is 8. The quantitative estimate of drug-likeness (QED) is 0.0383. The van der Waals surface area contributed by atoms with Crippen LogP contribution in [-0.4, -0.2) is 83.7 Å². The fourth-order valence-corrected chi connectivity index (χ4v) is 7.61. The molecule has 10 rings (SSSR count). The molecule has 5 aromatic carbocycles. The molecular weight excluding hydrogens is 1190 g/mol. The van der Waals surface area contributed by atoms with Gasteiger partial charge in [0.1, 0.15) is 46.2 Å². The van der Waals surface area contributed by atoms with Crippen molar-refractivity contribution in [2.75, 3.05) is 19.5 Å². The summed E-state index contributed by atoms with van der Waals surface area (Å²) in [6.45, 7) is 18.4. The number of aryl methyl sites for hydroxylation is 2. The van der Waals surface area contributed by atoms with Gasteiger partial charge < -0.3 is 68.9 Å². The van der Waals surface area contributed by atoms with Gasteiger partial charge in [-0.1, -0.05) is 98.1 Å². The third-order valence-corrected chi connectivity index (χ3v) is 12.0. The largest absolute Gasteiger partial charge is 0.497 e. The van der Waals surface area contributed by atoms with Gasteiger partial charge in [0, 0.05) is 41.9 Å². The number of hydrogen-bond acceptors (Lipinski definition) is 25. The van der Waals surface area contributed by atoms with Crippen molar-refractivity contribution in [2.45, 2.75) is 13.8 Å². The molecule has 0 radical (unpaired) electrons. The van der Waals surface area contributed by atoms with Crippen molar-refractivity contribution < 1.29 is 52.8 Å². The lowest BCUT2D eigenvalue weighted by molar-refractivity contribution is -0.384. The van der Waals surface area contributed by atoms with E-state index in [1.807, 2.05) is 74.5 Å². The number of fused-ring (bicyclic) bond motifs is 1. The van der Waals surface area contributed by atoms with Crippen molar-refractivity contribution >= 4 is 84.1 Å². The van der Waals surface area contributed by atoms with Crippen LogP contribution < -0.4 is 75.6 Å². The van der Waals surface area contributed by atoms with E-state index in [0.717, 1.165) is 33.6 Å². The first-order valence-corrected chi connectivity index (χ1v) is 26.2. The molecule has 0 bridgehead atoms. The van der Waals surface area contributed by atoms with Crippen molar-refractivity contribution in [3.63, 3.8) is 0 Å². The highest BCUT2D eigenvalue weighted by Crippen LogP contribution is 2.30. The Bertz CT molecular complexity index is 4320. The van der Waals surface area contributed by atoms with Crippen molar-refractivity contribution in [2.24, 2.45) is 37.2 Å². The number of aromatic amines is 1. The predicted octanol–water partition coefficient (Wildman–Crippen LogP) is 2.18. The molecule has 5 heterocycles. The number of methoxy groups -OCH3 is 2. The molecule has 0 unspecified atom stereocenters. The molecule has 92 heavy (non-hydrogen) atoms. The van der Waals surface area contributed by atoms with Crippen molar-refractivity contribution in [3.05, 3.63) is 269 Å². The number of carbonyl (C=O) groups is 4. The molecule has 4 aliphatic heterocycles. The Balaban J connectivity index is 0.000000220. The Hall–Kier alpha value is -13.7. The molecule has 0 saturated carbocycles. The first kappa shape index (κ1) is 69.1. The van der Waals surface area contributed by atoms with Crippen molar-refractivity contribution in [1.82, 2.24) is 41.9 Å². The van der Waals surface area contributed by atoms with E-state index in [1.165, 1.54) is 43.2 Å². The predicted molar refractivity (Wildman–Crippen MR) is 336 cm³/mol. The third-order valence-electron chi connectivity index (χ3n) is 12.0. The summed E-state index contributed by atoms with van der Waals surface area (Å²) in [7, 11) is 2.93. The number of rotatable bonds is 11. The number of ether oxygens (including phenoxy) is 2. The van der Waals surface area contributed by atoms with E-state index in [2.05, 4.69) is 93.5 Å². The zero-order valence-corrected chi connectivity index (χ0v) is 49.3. The van der Waals surface area contributed by atoms with Gasteiger partial charge in [-0.15, -0.1) is 0 Å². The van der Waals surface area contributed by atoms with Crippen LogP contribution in [0.5, 0.6) is 5.75 Å². The van der Waals surface area contributed by atoms with Crippen LogP contribution in [0.2, 0.25) is 0 Å². The van der Waals surface area contributed by atoms with Gasteiger partial charge in [-0.25, -0.2) is 29.7 Å². The maximum Gasteiger partial charge on any atom is 0.373 e. The number of amides is 3. The maximum atomic E-state index is 12.4. The van der Waals surface area contributed by atoms with Gasteiger partial charge in [0.15, 0.2) is 28.3 Å². The molecule has 0 aliphatic carbocycles. The molecule has 30 nitrogen and oxygen atoms in total. The topological polar surface area (TPSA) is 456 Å². The van der Waals surface area contributed by atoms with Crippen LogP contribution in [0, 0.1) is 24.0 Å². The average Bonchev–Trinajstić information content (AvgIpc) is 1.48. The van der Waals surface area contributed by atoms with Crippen molar-refractivity contribution in [1.29, 1.82) is 0 Å². The van der Waals surface area contributed by atoms with Gasteiger partial charge in [-0.3, -0.25) is 29.3 Å². The standard InChI is InChI=1S/C22H18N4O3.C13H14N4O2.C13H14N4O.C12H11N5O3.2CO2/c1-12-4-6-14(7-5-12)18-17(15-8-10-16(11-9-15)22(28)29-3)25-19-20(26-18)23-13(2)24-21(19)27;1-8-16-12(14)11(13(18)17-8)15-7-9-3-5-10(19-2)6-4-9;1-8-3-5-10(6-4-8)7-15-11-12(14)16-9(2)17-13(11)18;1-7-15-11(13)10(12(18)16-7)14-6-8-2-4-9(5-3-8)17(19)20;2*2-1-3/h4-11H,2H2,1,3H3,(H,23,26)(H,24,27);3-7,16H,1,14H2,2H3,(H,17,18);3-7,16H,2,14H2,1H3,(H,17,18);2-6,15H,1,13H2,(H,16,18);;. The van der Waals surface area contributed by atoms with Gasteiger partial charge in [0.25, 0.3) is 29.0 Å². The van der Waals surface area contributed by atoms with Gasteiger partial charge in [0.05, 0.1) is 36.1 Å². The summed E-state index contributed by atoms with van der Waals surface area (Å²) in [5.41, 5.74) is 25.1. The lowest BCUT2D eigenvalue weighted by Gasteiger charge is -2.19. The lowest BCUT2D eigenvalue weighted by atomic mass is 10.0. The van der Waals surface area contributed by atoms with Crippen LogP contribution >= 0.6 is 0 Å². The average molecular weight is 1250 g/mol. The first-order chi connectivity index (χ1) is 43.9. The number of carbonyl (C=O) groups excluding carboxylic acids is 8. The highest BCUT2D eigenvalue weighted by atomic mass is 16.6.